The van der Waals surface area contributed by atoms with Crippen molar-refractivity contribution in [1.82, 2.24) is 20.1 Å². The van der Waals surface area contributed by atoms with Crippen molar-refractivity contribution in [3.8, 4) is 23.1 Å². The normalized spacial score (nSPS) is 12.9. The van der Waals surface area contributed by atoms with E-state index in [4.69, 9.17) is 10.00 Å². The van der Waals surface area contributed by atoms with E-state index in [1.54, 1.807) is 54.5 Å². The topological polar surface area (TPSA) is 117 Å². The van der Waals surface area contributed by atoms with Crippen molar-refractivity contribution in [2.24, 2.45) is 0 Å². The van der Waals surface area contributed by atoms with Crippen LogP contribution in [-0.4, -0.2) is 39.4 Å². The minimum Gasteiger partial charge on any atom is -1.00 e. The molecule has 3 aromatic carbocycles. The fourth-order valence-electron chi connectivity index (χ4n) is 5.42. The molecule has 14 heteroatoms. The number of carbonyl (C=O) groups is 1. The van der Waals surface area contributed by atoms with Crippen molar-refractivity contribution in [2.75, 3.05) is 13.6 Å². The predicted octanol–water partition coefficient (Wildman–Crippen LogP) is 2.07. The van der Waals surface area contributed by atoms with Gasteiger partial charge in [0.1, 0.15) is 23.7 Å². The molecule has 2 N–H and O–H groups in total. The Morgan fingerprint density at radius 3 is 2.44 bits per heavy atom. The van der Waals surface area contributed by atoms with Crippen molar-refractivity contribution >= 4 is 17.3 Å². The molecule has 5 aromatic rings. The predicted molar refractivity (Wildman–Crippen MR) is 168 cm³/mol. The maximum absolute atomic E-state index is 15.3. The van der Waals surface area contributed by atoms with Crippen LogP contribution in [-0.2, 0) is 23.5 Å². The molecular weight excluding hydrogens is 665 g/mol. The minimum atomic E-state index is -2.10. The van der Waals surface area contributed by atoms with Crippen LogP contribution in [0.3, 0.4) is 0 Å². The molecule has 0 saturated heterocycles. The smallest absolute Gasteiger partial charge is 0.325 e. The van der Waals surface area contributed by atoms with E-state index in [9.17, 15) is 18.7 Å². The summed E-state index contributed by atoms with van der Waals surface area (Å²) in [6.45, 7) is 5.46. The van der Waals surface area contributed by atoms with E-state index < -0.39 is 40.5 Å². The highest BCUT2D eigenvalue weighted by molar-refractivity contribution is 7.10. The van der Waals surface area contributed by atoms with Gasteiger partial charge in [0.15, 0.2) is 11.6 Å². The molecule has 2 aromatic heterocycles. The Bertz CT molecular complexity index is 1950. The second-order valence-electron chi connectivity index (χ2n) is 11.3. The van der Waals surface area contributed by atoms with Crippen LogP contribution in [0, 0.1) is 42.6 Å². The number of ether oxygens (including phenoxy) is 1. The minimum absolute atomic E-state index is 0. The van der Waals surface area contributed by atoms with Gasteiger partial charge in [-0.3, -0.25) is 4.79 Å². The number of esters is 1. The van der Waals surface area contributed by atoms with Crippen molar-refractivity contribution in [2.45, 2.75) is 45.4 Å². The molecule has 2 heterocycles. The van der Waals surface area contributed by atoms with Crippen LogP contribution in [0.25, 0.3) is 11.3 Å². The van der Waals surface area contributed by atoms with Gasteiger partial charge in [-0.15, -0.1) is 16.0 Å². The number of nitriles is 1. The van der Waals surface area contributed by atoms with E-state index in [1.807, 2.05) is 26.0 Å². The second-order valence-corrected chi connectivity index (χ2v) is 12.2. The summed E-state index contributed by atoms with van der Waals surface area (Å²) in [6, 6.07) is 13.8. The molecule has 5 rings (SSSR count). The average Bonchev–Trinajstić information content (AvgIpc) is 3.70. The van der Waals surface area contributed by atoms with E-state index in [0.717, 1.165) is 22.3 Å². The summed E-state index contributed by atoms with van der Waals surface area (Å²) in [4.78, 5) is 16.7. The Hall–Kier alpha value is -4.61. The molecule has 0 aliphatic heterocycles. The van der Waals surface area contributed by atoms with Gasteiger partial charge in [-0.2, -0.15) is 5.26 Å². The highest BCUT2D eigenvalue weighted by atomic mass is 35.5. The Labute approximate surface area is 285 Å². The van der Waals surface area contributed by atoms with Crippen LogP contribution in [0.1, 0.15) is 45.7 Å². The van der Waals surface area contributed by atoms with E-state index in [-0.39, 0.29) is 25.5 Å². The fraction of sp³-hybridized carbons (Fsp3) is 0.265. The number of carbonyl (C=O) groups excluding carboxylic acids is 1. The summed E-state index contributed by atoms with van der Waals surface area (Å²) in [5.74, 6) is -4.57. The lowest BCUT2D eigenvalue weighted by Gasteiger charge is -2.32. The van der Waals surface area contributed by atoms with Gasteiger partial charge in [0.2, 0.25) is 6.33 Å². The van der Waals surface area contributed by atoms with Gasteiger partial charge in [-0.05, 0) is 67.9 Å². The van der Waals surface area contributed by atoms with Gasteiger partial charge in [-0.1, -0.05) is 19.1 Å². The fourth-order valence-corrected chi connectivity index (χ4v) is 6.39. The molecule has 0 bridgehead atoms. The van der Waals surface area contributed by atoms with Gasteiger partial charge >= 0.3 is 5.97 Å². The third-order valence-corrected chi connectivity index (χ3v) is 8.88. The standard InChI is InChI=1S/C34H32F3N6O3S.ClH/c1-20-9-24(10-21(2)32(20)46-31(44)14-39-4)15-42-18-40-43(19-42)17-34(45,26-11-28(36)29(37)12-27(26)35)22(3)33-41-30(16-47-33)25-7-5-23(13-38)6-8-25;/h5-12,16,18-19,22,39,45H,14-15,17H2,1-4H3;1H/q+1;/p-1/t22-,34+;/m0./s1. The Balaban J connectivity index is 0.00000520. The number of hydrogen-bond donors (Lipinski definition) is 2. The first-order valence-electron chi connectivity index (χ1n) is 14.6. The van der Waals surface area contributed by atoms with Crippen molar-refractivity contribution < 1.29 is 44.8 Å². The highest BCUT2D eigenvalue weighted by Crippen LogP contribution is 2.42. The molecule has 0 fully saturated rings. The lowest BCUT2D eigenvalue weighted by molar-refractivity contribution is -0.689. The number of thiazole rings is 1. The average molecular weight is 697 g/mol. The first kappa shape index (κ1) is 36.2. The quantitative estimate of drug-likeness (QED) is 0.0941. The molecule has 0 aliphatic rings. The van der Waals surface area contributed by atoms with Gasteiger partial charge in [0.25, 0.3) is 6.33 Å². The third kappa shape index (κ3) is 7.74. The number of hydrogen-bond acceptors (Lipinski definition) is 8. The second kappa shape index (κ2) is 15.1. The molecule has 9 nitrogen and oxygen atoms in total. The highest BCUT2D eigenvalue weighted by Gasteiger charge is 2.44. The van der Waals surface area contributed by atoms with Gasteiger partial charge in [-0.25, -0.2) is 22.7 Å². The van der Waals surface area contributed by atoms with Gasteiger partial charge < -0.3 is 27.6 Å². The molecular formula is C34H32ClF3N6O3S. The lowest BCUT2D eigenvalue weighted by Crippen LogP contribution is -3.00. The van der Waals surface area contributed by atoms with Crippen molar-refractivity contribution in [1.29, 1.82) is 5.26 Å². The summed E-state index contributed by atoms with van der Waals surface area (Å²) in [7, 11) is 1.66. The van der Waals surface area contributed by atoms with Crippen LogP contribution in [0.15, 0.2) is 66.6 Å². The summed E-state index contributed by atoms with van der Waals surface area (Å²) in [6.07, 6.45) is 3.15. The zero-order valence-electron chi connectivity index (χ0n) is 26.5. The molecule has 0 aliphatic carbocycles. The largest absolute Gasteiger partial charge is 1.00 e. The van der Waals surface area contributed by atoms with Crippen LogP contribution < -0.4 is 27.0 Å². The molecule has 0 amide bonds. The number of aliphatic hydroxyl groups is 1. The third-order valence-electron chi connectivity index (χ3n) is 7.85. The number of likely N-dealkylation sites (N-methyl/N-ethyl adjacent to an activating group) is 1. The van der Waals surface area contributed by atoms with Crippen LogP contribution in [0.2, 0.25) is 0 Å². The van der Waals surface area contributed by atoms with Gasteiger partial charge in [0, 0.05) is 33.6 Å². The van der Waals surface area contributed by atoms with E-state index in [0.29, 0.717) is 40.7 Å². The van der Waals surface area contributed by atoms with Crippen LogP contribution >= 0.6 is 11.3 Å². The Morgan fingerprint density at radius 1 is 1.12 bits per heavy atom. The molecule has 0 spiro atoms. The monoisotopic (exact) mass is 696 g/mol. The molecule has 0 saturated carbocycles. The van der Waals surface area contributed by atoms with E-state index >= 15 is 4.39 Å². The molecule has 2 atom stereocenters. The summed E-state index contributed by atoms with van der Waals surface area (Å²) < 4.78 is 52.4. The molecule has 0 unspecified atom stereocenters. The maximum Gasteiger partial charge on any atom is 0.325 e. The van der Waals surface area contributed by atoms with Gasteiger partial charge in [0.05, 0.1) is 35.4 Å². The first-order valence-corrected chi connectivity index (χ1v) is 15.5. The number of aromatic nitrogens is 4. The van der Waals surface area contributed by atoms with Crippen LogP contribution in [0.5, 0.6) is 5.75 Å². The number of rotatable bonds is 11. The van der Waals surface area contributed by atoms with Crippen LogP contribution in [0.4, 0.5) is 13.2 Å². The Kier molecular flexibility index (Phi) is 11.4. The molecule has 250 valence electrons. The number of nitrogens with one attached hydrogen (secondary N) is 1. The number of benzene rings is 3. The number of nitrogens with zero attached hydrogens (tertiary/aromatic N) is 5. The van der Waals surface area contributed by atoms with Crippen molar-refractivity contribution in [3.63, 3.8) is 0 Å². The molecule has 48 heavy (non-hydrogen) atoms. The lowest BCUT2D eigenvalue weighted by atomic mass is 9.82. The zero-order valence-corrected chi connectivity index (χ0v) is 28.0. The van der Waals surface area contributed by atoms with E-state index in [2.05, 4.69) is 21.5 Å². The maximum atomic E-state index is 15.3. The van der Waals surface area contributed by atoms with Crippen molar-refractivity contribution in [3.05, 3.63) is 117 Å². The first-order chi connectivity index (χ1) is 22.4. The zero-order chi connectivity index (χ0) is 33.9. The van der Waals surface area contributed by atoms with E-state index in [1.165, 1.54) is 22.3 Å². The summed E-state index contributed by atoms with van der Waals surface area (Å²) in [5, 5.41) is 30.6. The number of halogens is 4. The SMILES string of the molecule is CNCC(=O)Oc1c(C)cc(C[n+]2cnn(C[C@](O)(c3cc(F)c(F)cc3F)[C@@H](C)c3nc(-c4ccc(C#N)cc4)cs3)c2)cc1C.[Cl-]. The summed E-state index contributed by atoms with van der Waals surface area (Å²) >= 11 is 1.23. The number of aryl methyl sites for hydroxylation is 2. The Morgan fingerprint density at radius 2 is 1.79 bits per heavy atom. The molecule has 0 radical (unpaired) electrons. The summed E-state index contributed by atoms with van der Waals surface area (Å²) in [5.41, 5.74) is 1.72.